The Hall–Kier alpha value is 2.48. The first-order chi connectivity index (χ1) is 13.0. The summed E-state index contributed by atoms with van der Waals surface area (Å²) in [5, 5.41) is 12.3. The zero-order valence-corrected chi connectivity index (χ0v) is 29.1. The number of amides is 1. The molecule has 0 saturated heterocycles. The number of nitrogens with one attached hydrogen (secondary N) is 1. The number of carbonyl (C=O) groups excluding carboxylic acids is 1. The van der Waals surface area contributed by atoms with E-state index in [1.807, 2.05) is 34.6 Å². The van der Waals surface area contributed by atoms with E-state index in [0.717, 1.165) is 32.4 Å². The molecule has 0 bridgehead atoms. The largest absolute Gasteiger partial charge is 1.00 e. The molecule has 0 aliphatic carbocycles. The predicted molar refractivity (Wildman–Crippen MR) is 145 cm³/mol. The predicted octanol–water partition coefficient (Wildman–Crippen LogP) is 1.15. The van der Waals surface area contributed by atoms with Crippen molar-refractivity contribution in [2.75, 3.05) is 13.1 Å². The molecule has 9 heteroatoms. The standard InChI is InChI=1S/C9H21NO.C5H13N.C4H9NO.2C2H6.2CH4.2FH.2K.2H/c1-3-5-6-8-10-9(11)7-4-2;1-2-3-4-5-6;1-2-3-4(5)6;2*1-2;;;;;;;;/h9-11H,3-8H2,1-2H3;2-6H2,1H3;2-3H2,1H3,(H2,5,6);2*1-2H3;2*1H4;2*1H;;;;/q;;;;;;;;;2*+1;2*-1. The van der Waals surface area contributed by atoms with E-state index in [2.05, 4.69) is 26.1 Å². The summed E-state index contributed by atoms with van der Waals surface area (Å²) in [6.45, 7) is 18.2. The SMILES string of the molecule is C.C.CC.CC.CCCC(N)=O.CCCCCN.CCCCCNC(O)CCC.F.F.[H-].[H-].[K+].[K+]. The van der Waals surface area contributed by atoms with Gasteiger partial charge in [0.05, 0.1) is 0 Å². The van der Waals surface area contributed by atoms with Crippen LogP contribution >= 0.6 is 0 Å². The van der Waals surface area contributed by atoms with Crippen LogP contribution in [-0.2, 0) is 4.79 Å². The van der Waals surface area contributed by atoms with E-state index in [-0.39, 0.29) is 142 Å². The maximum Gasteiger partial charge on any atom is 1.00 e. The van der Waals surface area contributed by atoms with E-state index < -0.39 is 0 Å². The van der Waals surface area contributed by atoms with Crippen LogP contribution in [0, 0.1) is 0 Å². The van der Waals surface area contributed by atoms with Crippen LogP contribution in [0.4, 0.5) is 9.41 Å². The Balaban J connectivity index is -0.0000000164. The molecule has 6 N–H and O–H groups in total. The summed E-state index contributed by atoms with van der Waals surface area (Å²) in [6, 6.07) is 0. The number of primary amides is 1. The van der Waals surface area contributed by atoms with Crippen molar-refractivity contribution >= 4 is 5.91 Å². The minimum Gasteiger partial charge on any atom is -1.00 e. The second kappa shape index (κ2) is 83.8. The van der Waals surface area contributed by atoms with Crippen molar-refractivity contribution in [3.05, 3.63) is 0 Å². The van der Waals surface area contributed by atoms with E-state index in [1.54, 1.807) is 0 Å². The number of rotatable bonds is 12. The van der Waals surface area contributed by atoms with Gasteiger partial charge < -0.3 is 19.4 Å². The smallest absolute Gasteiger partial charge is 1.00 e. The number of hydrogen-bond donors (Lipinski definition) is 4. The molecular formula is C24H67F2K2N3O2. The molecule has 206 valence electrons. The molecule has 0 heterocycles. The number of halogens is 2. The van der Waals surface area contributed by atoms with Gasteiger partial charge in [-0.25, -0.2) is 0 Å². The summed E-state index contributed by atoms with van der Waals surface area (Å²) < 4.78 is 0. The fourth-order valence-electron chi connectivity index (χ4n) is 1.66. The van der Waals surface area contributed by atoms with Crippen LogP contribution in [0.25, 0.3) is 0 Å². The van der Waals surface area contributed by atoms with Crippen molar-refractivity contribution in [1.29, 1.82) is 0 Å². The topological polar surface area (TPSA) is 101 Å². The molecular weight excluding hydrogens is 478 g/mol. The van der Waals surface area contributed by atoms with Crippen LogP contribution < -0.4 is 120 Å². The van der Waals surface area contributed by atoms with Crippen molar-refractivity contribution in [1.82, 2.24) is 5.32 Å². The maximum atomic E-state index is 9.82. The van der Waals surface area contributed by atoms with Crippen molar-refractivity contribution in [3.8, 4) is 0 Å². The molecule has 0 aromatic rings. The molecule has 0 aliphatic rings. The van der Waals surface area contributed by atoms with Crippen molar-refractivity contribution < 1.29 is 125 Å². The fourth-order valence-corrected chi connectivity index (χ4v) is 1.66. The van der Waals surface area contributed by atoms with Gasteiger partial charge in [0.15, 0.2) is 0 Å². The number of unbranched alkanes of at least 4 members (excludes halogenated alkanes) is 4. The summed E-state index contributed by atoms with van der Waals surface area (Å²) in [4.78, 5) is 9.82. The third kappa shape index (κ3) is 119. The van der Waals surface area contributed by atoms with Crippen molar-refractivity contribution in [2.24, 2.45) is 11.5 Å². The minimum absolute atomic E-state index is 0. The molecule has 0 radical (unpaired) electrons. The second-order valence-electron chi connectivity index (χ2n) is 5.68. The number of nitrogens with two attached hydrogens (primary N) is 2. The molecule has 1 amide bonds. The zero-order chi connectivity index (χ0) is 22.3. The number of aliphatic hydroxyl groups excluding tert-OH is 1. The van der Waals surface area contributed by atoms with Gasteiger partial charge in [0.25, 0.3) is 0 Å². The molecule has 0 rings (SSSR count). The normalized spacial score (nSPS) is 7.94. The quantitative estimate of drug-likeness (QED) is 0.168. The van der Waals surface area contributed by atoms with Crippen LogP contribution in [0.1, 0.15) is 137 Å². The number of aliphatic hydroxyl groups is 1. The third-order valence-electron chi connectivity index (χ3n) is 3.03. The zero-order valence-electron chi connectivity index (χ0n) is 24.9. The van der Waals surface area contributed by atoms with Crippen LogP contribution in [0.2, 0.25) is 0 Å². The Morgan fingerprint density at radius 1 is 0.818 bits per heavy atom. The van der Waals surface area contributed by atoms with E-state index >= 15 is 0 Å². The Morgan fingerprint density at radius 3 is 1.42 bits per heavy atom. The fraction of sp³-hybridized carbons (Fsp3) is 0.958. The Morgan fingerprint density at radius 2 is 1.21 bits per heavy atom. The first-order valence-corrected chi connectivity index (χ1v) is 11.4. The molecule has 1 unspecified atom stereocenters. The average Bonchev–Trinajstić information content (AvgIpc) is 2.68. The molecule has 0 aromatic heterocycles. The Kier molecular flexibility index (Phi) is 179. The van der Waals surface area contributed by atoms with Gasteiger partial charge in [-0.2, -0.15) is 0 Å². The van der Waals surface area contributed by atoms with E-state index in [9.17, 15) is 9.90 Å². The van der Waals surface area contributed by atoms with E-state index in [4.69, 9.17) is 11.5 Å². The van der Waals surface area contributed by atoms with E-state index in [1.165, 1.54) is 38.5 Å². The Labute approximate surface area is 297 Å². The van der Waals surface area contributed by atoms with Gasteiger partial charge in [-0.1, -0.05) is 102 Å². The Bertz CT molecular complexity index is 245. The summed E-state index contributed by atoms with van der Waals surface area (Å²) >= 11 is 0. The van der Waals surface area contributed by atoms with Gasteiger partial charge in [0.1, 0.15) is 6.23 Å². The molecule has 0 aliphatic heterocycles. The number of carbonyl (C=O) groups is 1. The van der Waals surface area contributed by atoms with Gasteiger partial charge in [0.2, 0.25) is 5.91 Å². The van der Waals surface area contributed by atoms with Gasteiger partial charge in [-0.3, -0.25) is 19.5 Å². The summed E-state index contributed by atoms with van der Waals surface area (Å²) in [5.74, 6) is -0.211. The molecule has 0 saturated carbocycles. The summed E-state index contributed by atoms with van der Waals surface area (Å²) in [5.41, 5.74) is 9.98. The van der Waals surface area contributed by atoms with Gasteiger partial charge in [0, 0.05) is 6.42 Å². The van der Waals surface area contributed by atoms with Crippen molar-refractivity contribution in [3.63, 3.8) is 0 Å². The second-order valence-corrected chi connectivity index (χ2v) is 5.68. The van der Waals surface area contributed by atoms with Crippen LogP contribution in [0.5, 0.6) is 0 Å². The van der Waals surface area contributed by atoms with Gasteiger partial charge in [-0.05, 0) is 38.8 Å². The molecule has 5 nitrogen and oxygen atoms in total. The van der Waals surface area contributed by atoms with Gasteiger partial charge in [-0.15, -0.1) is 0 Å². The van der Waals surface area contributed by atoms with Gasteiger partial charge >= 0.3 is 103 Å². The summed E-state index contributed by atoms with van der Waals surface area (Å²) in [7, 11) is 0. The van der Waals surface area contributed by atoms with Crippen LogP contribution in [0.3, 0.4) is 0 Å². The average molecular weight is 546 g/mol. The van der Waals surface area contributed by atoms with E-state index in [0.29, 0.717) is 6.42 Å². The molecule has 0 spiro atoms. The van der Waals surface area contributed by atoms with Crippen LogP contribution in [0.15, 0.2) is 0 Å². The monoisotopic (exact) mass is 545 g/mol. The minimum atomic E-state index is -0.281. The first-order valence-electron chi connectivity index (χ1n) is 11.4. The molecule has 33 heavy (non-hydrogen) atoms. The molecule has 0 fully saturated rings. The third-order valence-corrected chi connectivity index (χ3v) is 3.03. The number of hydrogen-bond acceptors (Lipinski definition) is 4. The summed E-state index contributed by atoms with van der Waals surface area (Å²) in [6.07, 6.45) is 10.4. The molecule has 1 atom stereocenters. The first kappa shape index (κ1) is 70.4. The maximum absolute atomic E-state index is 9.82. The van der Waals surface area contributed by atoms with Crippen LogP contribution in [-0.4, -0.2) is 30.3 Å². The molecule has 0 aromatic carbocycles. The van der Waals surface area contributed by atoms with Crippen molar-refractivity contribution in [2.45, 2.75) is 141 Å².